The van der Waals surface area contributed by atoms with E-state index in [0.717, 1.165) is 0 Å². The molecule has 0 aliphatic rings. The molecule has 0 saturated carbocycles. The SMILES string of the molecule is O=S(=O)(O)c1ccc(C(F)(F)F)cc1.[H-].[Na+]. The molecule has 1 aromatic rings. The zero-order valence-corrected chi connectivity index (χ0v) is 10.4. The third-order valence-electron chi connectivity index (χ3n) is 1.48. The predicted molar refractivity (Wildman–Crippen MR) is 42.4 cm³/mol. The van der Waals surface area contributed by atoms with Gasteiger partial charge in [0.05, 0.1) is 10.5 Å². The first-order chi connectivity index (χ1) is 6.21. The summed E-state index contributed by atoms with van der Waals surface area (Å²) in [5, 5.41) is 0. The van der Waals surface area contributed by atoms with Gasteiger partial charge in [-0.1, -0.05) is 0 Å². The van der Waals surface area contributed by atoms with Gasteiger partial charge in [0, 0.05) is 0 Å². The number of halogens is 3. The van der Waals surface area contributed by atoms with Gasteiger partial charge in [0.15, 0.2) is 0 Å². The maximum atomic E-state index is 12.0. The van der Waals surface area contributed by atoms with Crippen molar-refractivity contribution < 1.29 is 57.1 Å². The molecule has 8 heteroatoms. The van der Waals surface area contributed by atoms with Crippen LogP contribution in [0.25, 0.3) is 0 Å². The molecule has 0 heterocycles. The van der Waals surface area contributed by atoms with E-state index in [1.807, 2.05) is 0 Å². The summed E-state index contributed by atoms with van der Waals surface area (Å²) < 4.78 is 65.4. The van der Waals surface area contributed by atoms with Gasteiger partial charge in [-0.15, -0.1) is 0 Å². The molecular weight excluding hydrogens is 244 g/mol. The normalized spacial score (nSPS) is 12.0. The fourth-order valence-electron chi connectivity index (χ4n) is 0.816. The van der Waals surface area contributed by atoms with Crippen LogP contribution in [0.1, 0.15) is 6.99 Å². The Balaban J connectivity index is 0. The van der Waals surface area contributed by atoms with Gasteiger partial charge in [-0.25, -0.2) is 0 Å². The van der Waals surface area contributed by atoms with Gasteiger partial charge in [-0.2, -0.15) is 21.6 Å². The minimum atomic E-state index is -4.52. The Labute approximate surface area is 108 Å². The Kier molecular flexibility index (Phi) is 4.81. The molecule has 0 fully saturated rings. The molecule has 0 aliphatic carbocycles. The smallest absolute Gasteiger partial charge is 1.00 e. The fraction of sp³-hybridized carbons (Fsp3) is 0.143. The number of alkyl halides is 3. The average molecular weight is 250 g/mol. The average Bonchev–Trinajstić information content (AvgIpc) is 2.01. The van der Waals surface area contributed by atoms with Crippen LogP contribution in [0.2, 0.25) is 0 Å². The van der Waals surface area contributed by atoms with Gasteiger partial charge in [0.25, 0.3) is 10.1 Å². The second kappa shape index (κ2) is 4.84. The third kappa shape index (κ3) is 4.12. The monoisotopic (exact) mass is 250 g/mol. The van der Waals surface area contributed by atoms with Crippen molar-refractivity contribution in [2.75, 3.05) is 0 Å². The molecule has 3 nitrogen and oxygen atoms in total. The van der Waals surface area contributed by atoms with E-state index < -0.39 is 26.8 Å². The topological polar surface area (TPSA) is 54.4 Å². The molecule has 0 saturated heterocycles. The van der Waals surface area contributed by atoms with Crippen LogP contribution in [0.15, 0.2) is 29.2 Å². The second-order valence-electron chi connectivity index (χ2n) is 2.50. The van der Waals surface area contributed by atoms with E-state index >= 15 is 0 Å². The Morgan fingerprint density at radius 2 is 1.53 bits per heavy atom. The van der Waals surface area contributed by atoms with Crippen molar-refractivity contribution in [3.05, 3.63) is 29.8 Å². The maximum Gasteiger partial charge on any atom is 1.00 e. The molecule has 0 spiro atoms. The van der Waals surface area contributed by atoms with Crippen LogP contribution in [0, 0.1) is 0 Å². The minimum absolute atomic E-state index is 0. The Morgan fingerprint density at radius 1 is 1.13 bits per heavy atom. The first kappa shape index (κ1) is 14.9. The molecule has 0 radical (unpaired) electrons. The van der Waals surface area contributed by atoms with E-state index in [-0.39, 0.29) is 31.0 Å². The number of rotatable bonds is 1. The molecule has 15 heavy (non-hydrogen) atoms. The van der Waals surface area contributed by atoms with Gasteiger partial charge in [0.2, 0.25) is 0 Å². The third-order valence-corrected chi connectivity index (χ3v) is 2.35. The van der Waals surface area contributed by atoms with Crippen molar-refractivity contribution in [3.63, 3.8) is 0 Å². The zero-order chi connectivity index (χ0) is 11.0. The maximum absolute atomic E-state index is 12.0. The Hall–Kier alpha value is -0.0800. The summed E-state index contributed by atoms with van der Waals surface area (Å²) in [4.78, 5) is -0.564. The summed E-state index contributed by atoms with van der Waals surface area (Å²) in [5.41, 5.74) is -0.968. The van der Waals surface area contributed by atoms with Gasteiger partial charge < -0.3 is 1.43 Å². The summed E-state index contributed by atoms with van der Waals surface area (Å²) in [5.74, 6) is 0. The van der Waals surface area contributed by atoms with Gasteiger partial charge >= 0.3 is 35.7 Å². The Morgan fingerprint density at radius 3 is 1.80 bits per heavy atom. The summed E-state index contributed by atoms with van der Waals surface area (Å²) >= 11 is 0. The number of hydrogen-bond acceptors (Lipinski definition) is 2. The quantitative estimate of drug-likeness (QED) is 0.517. The molecule has 0 bridgehead atoms. The molecule has 0 aromatic heterocycles. The molecule has 1 aromatic carbocycles. The number of benzene rings is 1. The van der Waals surface area contributed by atoms with E-state index in [9.17, 15) is 21.6 Å². The first-order valence-electron chi connectivity index (χ1n) is 3.36. The van der Waals surface area contributed by atoms with Crippen LogP contribution in [0.4, 0.5) is 13.2 Å². The standard InChI is InChI=1S/C7H5F3O3S.Na.H/c8-7(9,10)5-1-3-6(4-2-5)14(11,12)13;;/h1-4H,(H,11,12,13);;/q;+1;-1. The van der Waals surface area contributed by atoms with Crippen LogP contribution in [0.3, 0.4) is 0 Å². The molecule has 0 unspecified atom stereocenters. The molecule has 0 aliphatic heterocycles. The van der Waals surface area contributed by atoms with Crippen LogP contribution >= 0.6 is 0 Å². The van der Waals surface area contributed by atoms with Crippen LogP contribution in [-0.4, -0.2) is 13.0 Å². The van der Waals surface area contributed by atoms with Crippen molar-refractivity contribution in [2.45, 2.75) is 11.1 Å². The van der Waals surface area contributed by atoms with E-state index in [0.29, 0.717) is 24.3 Å². The van der Waals surface area contributed by atoms with Crippen LogP contribution < -0.4 is 29.6 Å². The summed E-state index contributed by atoms with van der Waals surface area (Å²) in [7, 11) is -4.43. The zero-order valence-electron chi connectivity index (χ0n) is 8.62. The Bertz CT molecular complexity index is 429. The van der Waals surface area contributed by atoms with Gasteiger partial charge in [0.1, 0.15) is 0 Å². The predicted octanol–water partition coefficient (Wildman–Crippen LogP) is -0.931. The molecule has 0 atom stereocenters. The van der Waals surface area contributed by atoms with Crippen molar-refractivity contribution in [1.29, 1.82) is 0 Å². The van der Waals surface area contributed by atoms with Crippen molar-refractivity contribution in [3.8, 4) is 0 Å². The molecule has 1 rings (SSSR count). The summed E-state index contributed by atoms with van der Waals surface area (Å²) in [6.45, 7) is 0. The molecular formula is C7H6F3NaO3S. The first-order valence-corrected chi connectivity index (χ1v) is 4.80. The molecule has 1 N–H and O–H groups in total. The number of hydrogen-bond donors (Lipinski definition) is 1. The van der Waals surface area contributed by atoms with Gasteiger partial charge in [-0.3, -0.25) is 4.55 Å². The van der Waals surface area contributed by atoms with E-state index in [4.69, 9.17) is 4.55 Å². The van der Waals surface area contributed by atoms with Crippen molar-refractivity contribution >= 4 is 10.1 Å². The molecule has 80 valence electrons. The van der Waals surface area contributed by atoms with Crippen LogP contribution in [0.5, 0.6) is 0 Å². The van der Waals surface area contributed by atoms with E-state index in [1.54, 1.807) is 0 Å². The van der Waals surface area contributed by atoms with Crippen molar-refractivity contribution in [2.24, 2.45) is 0 Å². The van der Waals surface area contributed by atoms with Gasteiger partial charge in [-0.05, 0) is 24.3 Å². The summed E-state index contributed by atoms with van der Waals surface area (Å²) in [6, 6.07) is 2.56. The van der Waals surface area contributed by atoms with E-state index in [1.165, 1.54) is 0 Å². The fourth-order valence-corrected chi connectivity index (χ4v) is 1.30. The van der Waals surface area contributed by atoms with E-state index in [2.05, 4.69) is 0 Å². The largest absolute Gasteiger partial charge is 1.00 e. The van der Waals surface area contributed by atoms with Crippen molar-refractivity contribution in [1.82, 2.24) is 0 Å². The van der Waals surface area contributed by atoms with Crippen LogP contribution in [-0.2, 0) is 16.3 Å². The second-order valence-corrected chi connectivity index (χ2v) is 3.92. The molecule has 0 amide bonds. The minimum Gasteiger partial charge on any atom is -1.00 e. The summed E-state index contributed by atoms with van der Waals surface area (Å²) in [6.07, 6.45) is -4.52.